The molecular weight excluding hydrogens is 363 g/mol. The highest BCUT2D eigenvalue weighted by atomic mass is 32.7. The average molecular weight is 388 g/mol. The lowest BCUT2D eigenvalue weighted by molar-refractivity contribution is 0.0740. The van der Waals surface area contributed by atoms with Gasteiger partial charge < -0.3 is 9.05 Å². The van der Waals surface area contributed by atoms with E-state index < -0.39 is 7.58 Å². The number of rotatable bonds is 2. The molecule has 1 heterocycles. The van der Waals surface area contributed by atoms with E-state index in [9.17, 15) is 4.79 Å². The van der Waals surface area contributed by atoms with Crippen LogP contribution in [0.3, 0.4) is 0 Å². The predicted molar refractivity (Wildman–Crippen MR) is 109 cm³/mol. The van der Waals surface area contributed by atoms with Crippen LogP contribution in [0, 0.1) is 0 Å². The zero-order chi connectivity index (χ0) is 19.1. The van der Waals surface area contributed by atoms with Crippen LogP contribution in [-0.4, -0.2) is 5.97 Å². The third kappa shape index (κ3) is 4.07. The second kappa shape index (κ2) is 6.90. The van der Waals surface area contributed by atoms with Crippen LogP contribution in [0.2, 0.25) is 0 Å². The molecule has 138 valence electrons. The maximum Gasteiger partial charge on any atom is 0.368 e. The SMILES string of the molecule is CC(C)(C)c1ccc(OP2OC(=O)c3ccccc3S2)c(C(C)(C)C)c1. The van der Waals surface area contributed by atoms with Crippen molar-refractivity contribution in [2.75, 3.05) is 0 Å². The summed E-state index contributed by atoms with van der Waals surface area (Å²) in [7, 11) is -1.41. The van der Waals surface area contributed by atoms with Gasteiger partial charge in [-0.3, -0.25) is 0 Å². The number of benzene rings is 2. The lowest BCUT2D eigenvalue weighted by Crippen LogP contribution is -2.17. The number of hydrogen-bond donors (Lipinski definition) is 0. The standard InChI is InChI=1S/C21H25O3PS/c1-20(2,3)14-11-12-17(16(13-14)21(4,5)6)23-25-24-19(22)15-9-7-8-10-18(15)26-25/h7-13H,1-6H3. The Morgan fingerprint density at radius 3 is 2.31 bits per heavy atom. The molecule has 0 saturated heterocycles. The van der Waals surface area contributed by atoms with E-state index >= 15 is 0 Å². The molecule has 0 amide bonds. The summed E-state index contributed by atoms with van der Waals surface area (Å²) in [5, 5.41) is 0. The van der Waals surface area contributed by atoms with Crippen LogP contribution in [-0.2, 0) is 15.4 Å². The Labute approximate surface area is 161 Å². The molecule has 0 spiro atoms. The van der Waals surface area contributed by atoms with Crippen molar-refractivity contribution < 1.29 is 13.8 Å². The van der Waals surface area contributed by atoms with Gasteiger partial charge in [0.25, 0.3) is 0 Å². The first-order valence-electron chi connectivity index (χ1n) is 8.68. The first-order chi connectivity index (χ1) is 12.1. The summed E-state index contributed by atoms with van der Waals surface area (Å²) in [4.78, 5) is 13.2. The van der Waals surface area contributed by atoms with Gasteiger partial charge in [0.15, 0.2) is 0 Å². The Hall–Kier alpha value is -1.51. The van der Waals surface area contributed by atoms with Crippen LogP contribution >= 0.6 is 19.0 Å². The first kappa shape index (κ1) is 19.3. The summed E-state index contributed by atoms with van der Waals surface area (Å²) in [5.41, 5.74) is 2.99. The van der Waals surface area contributed by atoms with Crippen molar-refractivity contribution in [1.29, 1.82) is 0 Å². The van der Waals surface area contributed by atoms with Crippen LogP contribution in [0.15, 0.2) is 47.4 Å². The van der Waals surface area contributed by atoms with Crippen LogP contribution in [0.25, 0.3) is 0 Å². The van der Waals surface area contributed by atoms with Crippen molar-refractivity contribution in [3.05, 3.63) is 59.2 Å². The van der Waals surface area contributed by atoms with Crippen LogP contribution in [0.4, 0.5) is 0 Å². The highest BCUT2D eigenvalue weighted by Gasteiger charge is 2.32. The summed E-state index contributed by atoms with van der Waals surface area (Å²) >= 11 is 1.48. The molecule has 0 aromatic heterocycles. The van der Waals surface area contributed by atoms with Crippen molar-refractivity contribution in [1.82, 2.24) is 0 Å². The molecule has 2 aromatic carbocycles. The lowest BCUT2D eigenvalue weighted by atomic mass is 9.80. The molecule has 0 N–H and O–H groups in total. The van der Waals surface area contributed by atoms with E-state index in [1.807, 2.05) is 24.3 Å². The molecule has 1 atom stereocenters. The first-order valence-corrected chi connectivity index (χ1v) is 11.3. The summed E-state index contributed by atoms with van der Waals surface area (Å²) in [5.74, 6) is 0.477. The fraction of sp³-hybridized carbons (Fsp3) is 0.381. The Bertz CT molecular complexity index is 834. The van der Waals surface area contributed by atoms with Crippen molar-refractivity contribution in [3.8, 4) is 5.75 Å². The van der Waals surface area contributed by atoms with E-state index in [2.05, 4.69) is 53.7 Å². The van der Waals surface area contributed by atoms with Crippen LogP contribution in [0.1, 0.15) is 63.0 Å². The molecular formula is C21H25O3PS. The minimum Gasteiger partial charge on any atom is -0.430 e. The molecule has 1 unspecified atom stereocenters. The fourth-order valence-electron chi connectivity index (χ4n) is 2.71. The van der Waals surface area contributed by atoms with Gasteiger partial charge in [-0.2, -0.15) is 0 Å². The molecule has 0 saturated carbocycles. The molecule has 0 aliphatic carbocycles. The number of carbonyl (C=O) groups is 1. The fourth-order valence-corrected chi connectivity index (χ4v) is 5.55. The minimum absolute atomic E-state index is 0.0643. The Kier molecular flexibility index (Phi) is 5.11. The van der Waals surface area contributed by atoms with Crippen molar-refractivity contribution in [2.45, 2.75) is 57.3 Å². The van der Waals surface area contributed by atoms with Crippen molar-refractivity contribution in [3.63, 3.8) is 0 Å². The smallest absolute Gasteiger partial charge is 0.368 e. The summed E-state index contributed by atoms with van der Waals surface area (Å²) in [6, 6.07) is 13.8. The van der Waals surface area contributed by atoms with E-state index in [-0.39, 0.29) is 16.8 Å². The third-order valence-corrected chi connectivity index (χ3v) is 7.11. The van der Waals surface area contributed by atoms with Gasteiger partial charge in [0, 0.05) is 10.5 Å². The predicted octanol–water partition coefficient (Wildman–Crippen LogP) is 6.85. The molecule has 0 radical (unpaired) electrons. The molecule has 3 rings (SSSR count). The molecule has 0 fully saturated rings. The second-order valence-corrected chi connectivity index (χ2v) is 11.4. The van der Waals surface area contributed by atoms with Crippen molar-refractivity contribution >= 4 is 24.9 Å². The quantitative estimate of drug-likeness (QED) is 0.527. The average Bonchev–Trinajstić information content (AvgIpc) is 2.53. The highest BCUT2D eigenvalue weighted by Crippen LogP contribution is 2.60. The van der Waals surface area contributed by atoms with E-state index in [0.29, 0.717) is 5.56 Å². The lowest BCUT2D eigenvalue weighted by Gasteiger charge is -2.29. The third-order valence-electron chi connectivity index (χ3n) is 4.26. The van der Waals surface area contributed by atoms with Gasteiger partial charge in [-0.15, -0.1) is 0 Å². The normalized spacial score (nSPS) is 17.5. The summed E-state index contributed by atoms with van der Waals surface area (Å²) in [6.07, 6.45) is 0. The van der Waals surface area contributed by atoms with E-state index in [1.54, 1.807) is 6.07 Å². The largest absolute Gasteiger partial charge is 0.430 e. The van der Waals surface area contributed by atoms with Crippen LogP contribution in [0.5, 0.6) is 5.75 Å². The van der Waals surface area contributed by atoms with Gasteiger partial charge in [0.2, 0.25) is 0 Å². The molecule has 26 heavy (non-hydrogen) atoms. The van der Waals surface area contributed by atoms with Gasteiger partial charge >= 0.3 is 13.5 Å². The van der Waals surface area contributed by atoms with Crippen LogP contribution < -0.4 is 4.52 Å². The highest BCUT2D eigenvalue weighted by molar-refractivity contribution is 8.53. The topological polar surface area (TPSA) is 35.5 Å². The zero-order valence-electron chi connectivity index (χ0n) is 16.1. The molecule has 1 aliphatic rings. The molecule has 3 nitrogen and oxygen atoms in total. The van der Waals surface area contributed by atoms with Gasteiger partial charge in [0.1, 0.15) is 5.75 Å². The van der Waals surface area contributed by atoms with E-state index in [0.717, 1.165) is 16.2 Å². The maximum atomic E-state index is 12.3. The van der Waals surface area contributed by atoms with Crippen molar-refractivity contribution in [2.24, 2.45) is 0 Å². The summed E-state index contributed by atoms with van der Waals surface area (Å²) < 4.78 is 11.7. The zero-order valence-corrected chi connectivity index (χ0v) is 17.8. The Morgan fingerprint density at radius 1 is 0.962 bits per heavy atom. The van der Waals surface area contributed by atoms with E-state index in [1.165, 1.54) is 16.9 Å². The maximum absolute atomic E-state index is 12.3. The molecule has 0 bridgehead atoms. The Morgan fingerprint density at radius 2 is 1.65 bits per heavy atom. The molecule has 5 heteroatoms. The van der Waals surface area contributed by atoms with Gasteiger partial charge in [-0.25, -0.2) is 4.79 Å². The number of carbonyl (C=O) groups excluding carboxylic acids is 1. The van der Waals surface area contributed by atoms with Gasteiger partial charge in [-0.05, 0) is 46.0 Å². The van der Waals surface area contributed by atoms with E-state index in [4.69, 9.17) is 9.05 Å². The number of hydrogen-bond acceptors (Lipinski definition) is 4. The monoisotopic (exact) mass is 388 g/mol. The summed E-state index contributed by atoms with van der Waals surface area (Å²) in [6.45, 7) is 13.1. The minimum atomic E-state index is -1.41. The van der Waals surface area contributed by atoms with Gasteiger partial charge in [-0.1, -0.05) is 65.8 Å². The Balaban J connectivity index is 1.92. The second-order valence-electron chi connectivity index (χ2n) is 8.49. The van der Waals surface area contributed by atoms with Gasteiger partial charge in [0.05, 0.1) is 5.56 Å². The molecule has 2 aromatic rings. The number of fused-ring (bicyclic) bond motifs is 1. The molecule has 1 aliphatic heterocycles.